The zero-order valence-electron chi connectivity index (χ0n) is 12.9. The van der Waals surface area contributed by atoms with E-state index in [9.17, 15) is 5.26 Å². The summed E-state index contributed by atoms with van der Waals surface area (Å²) in [4.78, 5) is 2.45. The van der Waals surface area contributed by atoms with Crippen LogP contribution in [-0.4, -0.2) is 32.6 Å². The van der Waals surface area contributed by atoms with Crippen LogP contribution in [0.25, 0.3) is 5.52 Å². The van der Waals surface area contributed by atoms with Crippen LogP contribution in [0.2, 0.25) is 0 Å². The van der Waals surface area contributed by atoms with Gasteiger partial charge in [-0.3, -0.25) is 10.00 Å². The summed E-state index contributed by atoms with van der Waals surface area (Å²) in [6, 6.07) is 10.4. The molecule has 4 heterocycles. The minimum Gasteiger partial charge on any atom is -0.322 e. The summed E-state index contributed by atoms with van der Waals surface area (Å²) in [5, 5.41) is 16.7. The van der Waals surface area contributed by atoms with Crippen molar-refractivity contribution in [3.8, 4) is 6.07 Å². The van der Waals surface area contributed by atoms with E-state index in [1.165, 1.54) is 5.69 Å². The van der Waals surface area contributed by atoms with Gasteiger partial charge in [0.15, 0.2) is 0 Å². The summed E-state index contributed by atoms with van der Waals surface area (Å²) >= 11 is 0. The van der Waals surface area contributed by atoms with Crippen molar-refractivity contribution in [2.75, 3.05) is 13.1 Å². The summed E-state index contributed by atoms with van der Waals surface area (Å²) < 4.78 is 2.05. The standard InChI is InChI=1S/C18H19N5/c19-11-16-15(13-23-8-2-1-3-18(16)23)12-22-9-5-14(6-10-22)17-4-7-20-21-17/h1-4,7-8,13-14H,5-6,9-10,12H2,(H,20,21). The van der Waals surface area contributed by atoms with Gasteiger partial charge in [-0.1, -0.05) is 6.07 Å². The van der Waals surface area contributed by atoms with Crippen LogP contribution in [0.1, 0.15) is 35.6 Å². The Morgan fingerprint density at radius 1 is 1.26 bits per heavy atom. The van der Waals surface area contributed by atoms with E-state index in [1.807, 2.05) is 35.0 Å². The molecule has 116 valence electrons. The SMILES string of the molecule is N#Cc1c(CN2CCC(c3ccn[nH]3)CC2)cn2ccccc12. The van der Waals surface area contributed by atoms with Crippen LogP contribution in [0.15, 0.2) is 42.9 Å². The van der Waals surface area contributed by atoms with Crippen LogP contribution in [0, 0.1) is 11.3 Å². The van der Waals surface area contributed by atoms with Crippen molar-refractivity contribution < 1.29 is 0 Å². The Morgan fingerprint density at radius 3 is 2.87 bits per heavy atom. The van der Waals surface area contributed by atoms with Gasteiger partial charge in [-0.15, -0.1) is 0 Å². The molecule has 23 heavy (non-hydrogen) atoms. The van der Waals surface area contributed by atoms with Gasteiger partial charge in [0.05, 0.1) is 11.1 Å². The summed E-state index contributed by atoms with van der Waals surface area (Å²) in [5.74, 6) is 0.581. The van der Waals surface area contributed by atoms with Gasteiger partial charge >= 0.3 is 0 Å². The van der Waals surface area contributed by atoms with E-state index in [-0.39, 0.29) is 0 Å². The second kappa shape index (κ2) is 5.90. The average Bonchev–Trinajstić information content (AvgIpc) is 3.23. The van der Waals surface area contributed by atoms with Crippen molar-refractivity contribution >= 4 is 5.52 Å². The molecule has 0 atom stereocenters. The Hall–Kier alpha value is -2.58. The van der Waals surface area contributed by atoms with E-state index in [4.69, 9.17) is 0 Å². The Balaban J connectivity index is 1.48. The molecule has 3 aromatic heterocycles. The van der Waals surface area contributed by atoms with Crippen molar-refractivity contribution in [3.05, 3.63) is 59.7 Å². The monoisotopic (exact) mass is 305 g/mol. The van der Waals surface area contributed by atoms with E-state index in [1.54, 1.807) is 0 Å². The van der Waals surface area contributed by atoms with Gasteiger partial charge in [0.2, 0.25) is 0 Å². The first kappa shape index (κ1) is 14.0. The maximum atomic E-state index is 9.51. The number of nitriles is 1. The van der Waals surface area contributed by atoms with Crippen LogP contribution in [-0.2, 0) is 6.54 Å². The highest BCUT2D eigenvalue weighted by Crippen LogP contribution is 2.28. The molecule has 1 aliphatic rings. The van der Waals surface area contributed by atoms with Gasteiger partial charge in [-0.2, -0.15) is 10.4 Å². The van der Waals surface area contributed by atoms with Gasteiger partial charge in [-0.05, 0) is 44.1 Å². The number of rotatable bonds is 3. The fourth-order valence-electron chi connectivity index (χ4n) is 3.56. The largest absolute Gasteiger partial charge is 0.322 e. The summed E-state index contributed by atoms with van der Waals surface area (Å²) in [6.07, 6.45) is 8.20. The lowest BCUT2D eigenvalue weighted by atomic mass is 9.93. The van der Waals surface area contributed by atoms with Crippen molar-refractivity contribution in [2.24, 2.45) is 0 Å². The molecular weight excluding hydrogens is 286 g/mol. The topological polar surface area (TPSA) is 60.1 Å². The van der Waals surface area contributed by atoms with E-state index >= 15 is 0 Å². The number of piperidine rings is 1. The molecule has 0 aromatic carbocycles. The fourth-order valence-corrected chi connectivity index (χ4v) is 3.56. The maximum Gasteiger partial charge on any atom is 0.102 e. The van der Waals surface area contributed by atoms with E-state index in [0.717, 1.165) is 49.1 Å². The molecule has 1 saturated heterocycles. The number of likely N-dealkylation sites (tertiary alicyclic amines) is 1. The number of hydrogen-bond acceptors (Lipinski definition) is 3. The quantitative estimate of drug-likeness (QED) is 0.809. The highest BCUT2D eigenvalue weighted by molar-refractivity contribution is 5.65. The number of nitrogens with zero attached hydrogens (tertiary/aromatic N) is 4. The van der Waals surface area contributed by atoms with Crippen LogP contribution >= 0.6 is 0 Å². The van der Waals surface area contributed by atoms with Crippen LogP contribution in [0.5, 0.6) is 0 Å². The second-order valence-corrected chi connectivity index (χ2v) is 6.20. The minimum absolute atomic E-state index is 0.581. The number of aromatic amines is 1. The zero-order valence-corrected chi connectivity index (χ0v) is 12.9. The maximum absolute atomic E-state index is 9.51. The average molecular weight is 305 g/mol. The molecular formula is C18H19N5. The van der Waals surface area contributed by atoms with E-state index < -0.39 is 0 Å². The molecule has 0 aliphatic carbocycles. The summed E-state index contributed by atoms with van der Waals surface area (Å²) in [5.41, 5.74) is 4.18. The number of aromatic nitrogens is 3. The van der Waals surface area contributed by atoms with Gasteiger partial charge in [-0.25, -0.2) is 0 Å². The molecule has 0 spiro atoms. The highest BCUT2D eigenvalue weighted by Gasteiger charge is 2.22. The molecule has 1 fully saturated rings. The van der Waals surface area contributed by atoms with Crippen LogP contribution < -0.4 is 0 Å². The molecule has 1 N–H and O–H groups in total. The molecule has 0 radical (unpaired) electrons. The number of nitrogens with one attached hydrogen (secondary N) is 1. The Labute approximate surface area is 135 Å². The fraction of sp³-hybridized carbons (Fsp3) is 0.333. The molecule has 0 saturated carbocycles. The molecule has 0 bridgehead atoms. The van der Waals surface area contributed by atoms with Gasteiger partial charge < -0.3 is 4.40 Å². The van der Waals surface area contributed by atoms with Crippen LogP contribution in [0.3, 0.4) is 0 Å². The van der Waals surface area contributed by atoms with E-state index in [0.29, 0.717) is 5.92 Å². The molecule has 5 heteroatoms. The summed E-state index contributed by atoms with van der Waals surface area (Å²) in [7, 11) is 0. The van der Waals surface area contributed by atoms with Crippen molar-refractivity contribution in [2.45, 2.75) is 25.3 Å². The molecule has 3 aromatic rings. The molecule has 5 nitrogen and oxygen atoms in total. The first-order valence-electron chi connectivity index (χ1n) is 8.05. The smallest absolute Gasteiger partial charge is 0.102 e. The predicted molar refractivity (Wildman–Crippen MR) is 88.0 cm³/mol. The molecule has 0 unspecified atom stereocenters. The van der Waals surface area contributed by atoms with Gasteiger partial charge in [0, 0.05) is 42.3 Å². The third-order valence-electron chi connectivity index (χ3n) is 4.82. The second-order valence-electron chi connectivity index (χ2n) is 6.20. The lowest BCUT2D eigenvalue weighted by molar-refractivity contribution is 0.203. The normalized spacial score (nSPS) is 16.7. The molecule has 0 amide bonds. The highest BCUT2D eigenvalue weighted by atomic mass is 15.1. The molecule has 4 rings (SSSR count). The number of pyridine rings is 1. The number of hydrogen-bond donors (Lipinski definition) is 1. The van der Waals surface area contributed by atoms with Crippen molar-refractivity contribution in [1.29, 1.82) is 5.26 Å². The summed E-state index contributed by atoms with van der Waals surface area (Å²) in [6.45, 7) is 2.96. The van der Waals surface area contributed by atoms with E-state index in [2.05, 4.69) is 33.4 Å². The Bertz CT molecular complexity index is 832. The Kier molecular flexibility index (Phi) is 3.60. The van der Waals surface area contributed by atoms with Crippen LogP contribution in [0.4, 0.5) is 0 Å². The predicted octanol–water partition coefficient (Wildman–Crippen LogP) is 2.91. The van der Waals surface area contributed by atoms with Crippen molar-refractivity contribution in [3.63, 3.8) is 0 Å². The third-order valence-corrected chi connectivity index (χ3v) is 4.82. The Morgan fingerprint density at radius 2 is 2.13 bits per heavy atom. The zero-order chi connectivity index (χ0) is 15.6. The lowest BCUT2D eigenvalue weighted by Crippen LogP contribution is -2.32. The molecule has 1 aliphatic heterocycles. The number of fused-ring (bicyclic) bond motifs is 1. The number of H-pyrrole nitrogens is 1. The van der Waals surface area contributed by atoms with Gasteiger partial charge in [0.25, 0.3) is 0 Å². The minimum atomic E-state index is 0.581. The lowest BCUT2D eigenvalue weighted by Gasteiger charge is -2.31. The van der Waals surface area contributed by atoms with Gasteiger partial charge in [0.1, 0.15) is 6.07 Å². The third kappa shape index (κ3) is 2.62. The first-order chi connectivity index (χ1) is 11.3. The first-order valence-corrected chi connectivity index (χ1v) is 8.05. The van der Waals surface area contributed by atoms with Crippen molar-refractivity contribution in [1.82, 2.24) is 19.5 Å².